The smallest absolute Gasteiger partial charge is 0.161 e. The second-order valence-electron chi connectivity index (χ2n) is 3.18. The third-order valence-corrected chi connectivity index (χ3v) is 2.89. The van der Waals surface area contributed by atoms with Crippen molar-refractivity contribution in [1.29, 1.82) is 5.26 Å². The summed E-state index contributed by atoms with van der Waals surface area (Å²) in [6, 6.07) is 3.20. The zero-order valence-electron chi connectivity index (χ0n) is 8.26. The first kappa shape index (κ1) is 11.9. The van der Waals surface area contributed by atoms with Crippen molar-refractivity contribution in [2.24, 2.45) is 5.84 Å². The first-order valence-electron chi connectivity index (χ1n) is 4.43. The van der Waals surface area contributed by atoms with Crippen molar-refractivity contribution in [3.63, 3.8) is 0 Å². The Labute approximate surface area is 106 Å². The zero-order valence-corrected chi connectivity index (χ0v) is 9.77. The number of nitrogens with zero attached hydrogens (tertiary/aromatic N) is 2. The average molecular weight is 271 g/mol. The highest BCUT2D eigenvalue weighted by Gasteiger charge is 2.16. The third kappa shape index (κ3) is 1.76. The minimum Gasteiger partial charge on any atom is -0.322 e. The van der Waals surface area contributed by atoms with Gasteiger partial charge in [0.15, 0.2) is 5.82 Å². The number of halogens is 3. The van der Waals surface area contributed by atoms with Gasteiger partial charge >= 0.3 is 0 Å². The second kappa shape index (κ2) is 4.34. The highest BCUT2D eigenvalue weighted by atomic mass is 35.5. The fraction of sp³-hybridized carbons (Fsp3) is 0. The van der Waals surface area contributed by atoms with Gasteiger partial charge in [-0.25, -0.2) is 4.39 Å². The van der Waals surface area contributed by atoms with Gasteiger partial charge in [-0.1, -0.05) is 23.2 Å². The molecule has 1 aromatic carbocycles. The molecule has 7 heteroatoms. The molecule has 86 valence electrons. The summed E-state index contributed by atoms with van der Waals surface area (Å²) < 4.78 is 13.6. The Morgan fingerprint density at radius 1 is 1.47 bits per heavy atom. The number of hydrazine groups is 1. The molecule has 1 heterocycles. The Morgan fingerprint density at radius 3 is 2.76 bits per heavy atom. The van der Waals surface area contributed by atoms with E-state index in [1.165, 1.54) is 12.3 Å². The molecule has 0 spiro atoms. The molecular weight excluding hydrogens is 266 g/mol. The van der Waals surface area contributed by atoms with E-state index >= 15 is 0 Å². The van der Waals surface area contributed by atoms with E-state index in [1.54, 1.807) is 0 Å². The molecule has 0 aliphatic carbocycles. The topological polar surface area (TPSA) is 74.7 Å². The van der Waals surface area contributed by atoms with E-state index in [2.05, 4.69) is 10.4 Å². The Morgan fingerprint density at radius 2 is 2.18 bits per heavy atom. The Bertz CT molecular complexity index is 651. The quantitative estimate of drug-likeness (QED) is 0.475. The van der Waals surface area contributed by atoms with Crippen LogP contribution >= 0.6 is 23.2 Å². The molecule has 0 aliphatic rings. The van der Waals surface area contributed by atoms with Crippen molar-refractivity contribution in [2.45, 2.75) is 0 Å². The number of nitriles is 1. The van der Waals surface area contributed by atoms with Crippen LogP contribution in [0.15, 0.2) is 12.3 Å². The lowest BCUT2D eigenvalue weighted by Crippen LogP contribution is -2.10. The van der Waals surface area contributed by atoms with Crippen LogP contribution in [0.5, 0.6) is 0 Å². The molecule has 1 aromatic heterocycles. The summed E-state index contributed by atoms with van der Waals surface area (Å²) in [5.41, 5.74) is 3.07. The molecule has 3 N–H and O–H groups in total. The first-order valence-corrected chi connectivity index (χ1v) is 5.18. The molecule has 0 saturated heterocycles. The number of pyridine rings is 1. The van der Waals surface area contributed by atoms with Crippen molar-refractivity contribution >= 4 is 39.8 Å². The van der Waals surface area contributed by atoms with E-state index in [4.69, 9.17) is 34.3 Å². The monoisotopic (exact) mass is 270 g/mol. The van der Waals surface area contributed by atoms with Gasteiger partial charge < -0.3 is 5.43 Å². The van der Waals surface area contributed by atoms with Crippen LogP contribution in [0.4, 0.5) is 10.1 Å². The van der Waals surface area contributed by atoms with Gasteiger partial charge in [-0.2, -0.15) is 5.26 Å². The molecule has 0 amide bonds. The van der Waals surface area contributed by atoms with Crippen molar-refractivity contribution in [1.82, 2.24) is 4.98 Å². The number of benzene rings is 1. The number of nitrogens with two attached hydrogens (primary N) is 1. The maximum atomic E-state index is 13.6. The molecule has 0 radical (unpaired) electrons. The molecule has 0 atom stereocenters. The minimum absolute atomic E-state index is 0.136. The van der Waals surface area contributed by atoms with E-state index in [1.807, 2.05) is 6.07 Å². The predicted octanol–water partition coefficient (Wildman–Crippen LogP) is 2.84. The van der Waals surface area contributed by atoms with Crippen LogP contribution in [0.1, 0.15) is 5.56 Å². The summed E-state index contributed by atoms with van der Waals surface area (Å²) in [7, 11) is 0. The Kier molecular flexibility index (Phi) is 3.03. The SMILES string of the molecule is N#Cc1cnc2cc(Cl)c(F)c(Cl)c2c1NN. The Balaban J connectivity index is 2.99. The average Bonchev–Trinajstić information content (AvgIpc) is 2.34. The molecule has 0 unspecified atom stereocenters. The summed E-state index contributed by atoms with van der Waals surface area (Å²) in [6.07, 6.45) is 1.31. The number of nitrogen functional groups attached to an aromatic ring is 1. The van der Waals surface area contributed by atoms with Gasteiger partial charge in [0, 0.05) is 11.6 Å². The number of anilines is 1. The molecule has 0 bridgehead atoms. The van der Waals surface area contributed by atoms with Crippen molar-refractivity contribution in [3.05, 3.63) is 33.7 Å². The van der Waals surface area contributed by atoms with E-state index in [0.29, 0.717) is 5.52 Å². The van der Waals surface area contributed by atoms with Crippen molar-refractivity contribution in [2.75, 3.05) is 5.43 Å². The van der Waals surface area contributed by atoms with Crippen LogP contribution in [-0.2, 0) is 0 Å². The largest absolute Gasteiger partial charge is 0.322 e. The molecule has 0 saturated carbocycles. The fourth-order valence-electron chi connectivity index (χ4n) is 1.49. The molecule has 2 aromatic rings. The molecule has 17 heavy (non-hydrogen) atoms. The normalized spacial score (nSPS) is 10.3. The molecule has 4 nitrogen and oxygen atoms in total. The van der Waals surface area contributed by atoms with Crippen LogP contribution < -0.4 is 11.3 Å². The number of aromatic nitrogens is 1. The highest BCUT2D eigenvalue weighted by Crippen LogP contribution is 2.36. The van der Waals surface area contributed by atoms with Gasteiger partial charge in [-0.15, -0.1) is 0 Å². The van der Waals surface area contributed by atoms with E-state index < -0.39 is 5.82 Å². The van der Waals surface area contributed by atoms with Gasteiger partial charge in [0.25, 0.3) is 0 Å². The number of hydrogen-bond donors (Lipinski definition) is 2. The van der Waals surface area contributed by atoms with E-state index in [0.717, 1.165) is 0 Å². The predicted molar refractivity (Wildman–Crippen MR) is 64.2 cm³/mol. The molecule has 2 rings (SSSR count). The minimum atomic E-state index is -0.769. The molecule has 0 aliphatic heterocycles. The fourth-order valence-corrected chi connectivity index (χ4v) is 2.03. The third-order valence-electron chi connectivity index (χ3n) is 2.26. The van der Waals surface area contributed by atoms with Crippen molar-refractivity contribution < 1.29 is 4.39 Å². The van der Waals surface area contributed by atoms with E-state index in [9.17, 15) is 4.39 Å². The summed E-state index contributed by atoms with van der Waals surface area (Å²) in [5.74, 6) is 4.54. The van der Waals surface area contributed by atoms with Gasteiger partial charge in [-0.3, -0.25) is 10.8 Å². The van der Waals surface area contributed by atoms with Crippen LogP contribution in [0.2, 0.25) is 10.0 Å². The molecular formula is C10H5Cl2FN4. The van der Waals surface area contributed by atoms with Gasteiger partial charge in [0.1, 0.15) is 6.07 Å². The summed E-state index contributed by atoms with van der Waals surface area (Å²) >= 11 is 11.5. The lowest BCUT2D eigenvalue weighted by Gasteiger charge is -2.10. The number of rotatable bonds is 1. The number of hydrogen-bond acceptors (Lipinski definition) is 4. The summed E-state index contributed by atoms with van der Waals surface area (Å²) in [6.45, 7) is 0. The summed E-state index contributed by atoms with van der Waals surface area (Å²) in [4.78, 5) is 3.97. The number of nitrogens with one attached hydrogen (secondary N) is 1. The maximum absolute atomic E-state index is 13.6. The molecule has 0 fully saturated rings. The van der Waals surface area contributed by atoms with Crippen LogP contribution in [0.3, 0.4) is 0 Å². The van der Waals surface area contributed by atoms with Crippen LogP contribution in [0, 0.1) is 17.1 Å². The number of fused-ring (bicyclic) bond motifs is 1. The lowest BCUT2D eigenvalue weighted by molar-refractivity contribution is 0.630. The van der Waals surface area contributed by atoms with Crippen LogP contribution in [0.25, 0.3) is 10.9 Å². The van der Waals surface area contributed by atoms with Crippen molar-refractivity contribution in [3.8, 4) is 6.07 Å². The van der Waals surface area contributed by atoms with E-state index in [-0.39, 0.29) is 26.7 Å². The standard InChI is InChI=1S/C10H5Cl2FN4/c11-5-1-6-7(8(12)9(5)13)10(17-15)4(2-14)3-16-6/h1,3H,15H2,(H,16,17). The zero-order chi connectivity index (χ0) is 12.6. The second-order valence-corrected chi connectivity index (χ2v) is 3.97. The Hall–Kier alpha value is -1.61. The maximum Gasteiger partial charge on any atom is 0.161 e. The van der Waals surface area contributed by atoms with Gasteiger partial charge in [0.2, 0.25) is 0 Å². The summed E-state index contributed by atoms with van der Waals surface area (Å²) in [5, 5.41) is 8.75. The highest BCUT2D eigenvalue weighted by molar-refractivity contribution is 6.39. The first-order chi connectivity index (χ1) is 8.10. The van der Waals surface area contributed by atoms with Crippen LogP contribution in [-0.4, -0.2) is 4.98 Å². The van der Waals surface area contributed by atoms with Gasteiger partial charge in [0.05, 0.1) is 26.8 Å². The lowest BCUT2D eigenvalue weighted by atomic mass is 10.1. The van der Waals surface area contributed by atoms with Gasteiger partial charge in [-0.05, 0) is 6.07 Å².